The Morgan fingerprint density at radius 3 is 2.95 bits per heavy atom. The topological polar surface area (TPSA) is 15.3 Å². The SMILES string of the molecule is c1ccc2c(c1)CCCCC2N1CCCC2CNCC21. The van der Waals surface area contributed by atoms with E-state index in [4.69, 9.17) is 0 Å². The highest BCUT2D eigenvalue weighted by atomic mass is 15.2. The Morgan fingerprint density at radius 2 is 1.95 bits per heavy atom. The average molecular weight is 270 g/mol. The normalized spacial score (nSPS) is 34.3. The zero-order valence-corrected chi connectivity index (χ0v) is 12.4. The Kier molecular flexibility index (Phi) is 3.53. The van der Waals surface area contributed by atoms with Crippen LogP contribution in [0.1, 0.15) is 49.3 Å². The van der Waals surface area contributed by atoms with Gasteiger partial charge in [0.25, 0.3) is 0 Å². The first kappa shape index (κ1) is 12.8. The fourth-order valence-corrected chi connectivity index (χ4v) is 4.73. The number of aryl methyl sites for hydroxylation is 1. The van der Waals surface area contributed by atoms with Crippen molar-refractivity contribution in [2.24, 2.45) is 5.92 Å². The molecule has 3 atom stereocenters. The van der Waals surface area contributed by atoms with Crippen molar-refractivity contribution in [3.63, 3.8) is 0 Å². The summed E-state index contributed by atoms with van der Waals surface area (Å²) in [6.45, 7) is 3.76. The first-order valence-corrected chi connectivity index (χ1v) is 8.48. The maximum Gasteiger partial charge on any atom is 0.0354 e. The molecular formula is C18H26N2. The lowest BCUT2D eigenvalue weighted by atomic mass is 9.88. The number of piperidine rings is 1. The molecule has 2 heterocycles. The van der Waals surface area contributed by atoms with E-state index in [9.17, 15) is 0 Å². The summed E-state index contributed by atoms with van der Waals surface area (Å²) in [5.41, 5.74) is 3.25. The Labute approximate surface area is 122 Å². The van der Waals surface area contributed by atoms with E-state index in [0.29, 0.717) is 6.04 Å². The fraction of sp³-hybridized carbons (Fsp3) is 0.667. The lowest BCUT2D eigenvalue weighted by Gasteiger charge is -2.42. The van der Waals surface area contributed by atoms with E-state index >= 15 is 0 Å². The average Bonchev–Trinajstić information content (AvgIpc) is 2.87. The molecule has 3 unspecified atom stereocenters. The first-order chi connectivity index (χ1) is 9.93. The van der Waals surface area contributed by atoms with Crippen molar-refractivity contribution in [2.75, 3.05) is 19.6 Å². The molecular weight excluding hydrogens is 244 g/mol. The standard InChI is InChI=1S/C18H26N2/c1-3-9-16-14(6-1)7-2-4-10-17(16)20-11-5-8-15-12-19-13-18(15)20/h1,3,6,9,15,17-19H,2,4-5,7-8,10-13H2. The van der Waals surface area contributed by atoms with Crippen molar-refractivity contribution in [3.05, 3.63) is 35.4 Å². The fourth-order valence-electron chi connectivity index (χ4n) is 4.73. The molecule has 1 aliphatic carbocycles. The van der Waals surface area contributed by atoms with Crippen molar-refractivity contribution in [3.8, 4) is 0 Å². The summed E-state index contributed by atoms with van der Waals surface area (Å²) in [5, 5.41) is 3.63. The highest BCUT2D eigenvalue weighted by Crippen LogP contribution is 2.39. The van der Waals surface area contributed by atoms with E-state index in [1.165, 1.54) is 58.2 Å². The zero-order valence-electron chi connectivity index (χ0n) is 12.4. The predicted octanol–water partition coefficient (Wildman–Crippen LogP) is 3.14. The number of fused-ring (bicyclic) bond motifs is 2. The van der Waals surface area contributed by atoms with Gasteiger partial charge in [-0.25, -0.2) is 0 Å². The van der Waals surface area contributed by atoms with Gasteiger partial charge < -0.3 is 5.32 Å². The zero-order chi connectivity index (χ0) is 13.4. The molecule has 2 aliphatic heterocycles. The van der Waals surface area contributed by atoms with Gasteiger partial charge >= 0.3 is 0 Å². The molecule has 0 saturated carbocycles. The summed E-state index contributed by atoms with van der Waals surface area (Å²) in [7, 11) is 0. The number of nitrogens with one attached hydrogen (secondary N) is 1. The second-order valence-corrected chi connectivity index (χ2v) is 6.83. The van der Waals surface area contributed by atoms with Gasteiger partial charge in [-0.05, 0) is 62.2 Å². The van der Waals surface area contributed by atoms with Gasteiger partial charge in [-0.1, -0.05) is 30.7 Å². The van der Waals surface area contributed by atoms with Crippen molar-refractivity contribution in [1.82, 2.24) is 10.2 Å². The largest absolute Gasteiger partial charge is 0.315 e. The smallest absolute Gasteiger partial charge is 0.0354 e. The van der Waals surface area contributed by atoms with E-state index in [-0.39, 0.29) is 0 Å². The third kappa shape index (κ3) is 2.19. The summed E-state index contributed by atoms with van der Waals surface area (Å²) in [6, 6.07) is 10.7. The molecule has 0 radical (unpaired) electrons. The number of hydrogen-bond donors (Lipinski definition) is 1. The molecule has 1 aromatic carbocycles. The van der Waals surface area contributed by atoms with Gasteiger partial charge in [0.2, 0.25) is 0 Å². The van der Waals surface area contributed by atoms with Crippen LogP contribution in [0.5, 0.6) is 0 Å². The molecule has 108 valence electrons. The van der Waals surface area contributed by atoms with E-state index < -0.39 is 0 Å². The summed E-state index contributed by atoms with van der Waals surface area (Å²) in [4.78, 5) is 2.86. The molecule has 20 heavy (non-hydrogen) atoms. The quantitative estimate of drug-likeness (QED) is 0.789. The summed E-state index contributed by atoms with van der Waals surface area (Å²) >= 11 is 0. The van der Waals surface area contributed by atoms with Gasteiger partial charge in [0.15, 0.2) is 0 Å². The van der Waals surface area contributed by atoms with Crippen molar-refractivity contribution < 1.29 is 0 Å². The monoisotopic (exact) mass is 270 g/mol. The number of nitrogens with zero attached hydrogens (tertiary/aromatic N) is 1. The Morgan fingerprint density at radius 1 is 1.00 bits per heavy atom. The van der Waals surface area contributed by atoms with E-state index in [0.717, 1.165) is 12.0 Å². The Hall–Kier alpha value is -0.860. The van der Waals surface area contributed by atoms with E-state index in [1.54, 1.807) is 11.1 Å². The molecule has 1 N–H and O–H groups in total. The number of hydrogen-bond acceptors (Lipinski definition) is 2. The van der Waals surface area contributed by atoms with Crippen LogP contribution in [0.3, 0.4) is 0 Å². The summed E-state index contributed by atoms with van der Waals surface area (Å²) < 4.78 is 0. The van der Waals surface area contributed by atoms with Crippen LogP contribution in [-0.2, 0) is 6.42 Å². The molecule has 2 saturated heterocycles. The highest BCUT2D eigenvalue weighted by Gasteiger charge is 2.39. The van der Waals surface area contributed by atoms with Gasteiger partial charge in [0.1, 0.15) is 0 Å². The van der Waals surface area contributed by atoms with Crippen molar-refractivity contribution in [2.45, 2.75) is 50.6 Å². The molecule has 0 amide bonds. The maximum absolute atomic E-state index is 3.63. The van der Waals surface area contributed by atoms with Crippen LogP contribution in [0.4, 0.5) is 0 Å². The van der Waals surface area contributed by atoms with Crippen molar-refractivity contribution >= 4 is 0 Å². The van der Waals surface area contributed by atoms with E-state index in [1.807, 2.05) is 0 Å². The van der Waals surface area contributed by atoms with Crippen LogP contribution in [-0.4, -0.2) is 30.6 Å². The number of rotatable bonds is 1. The molecule has 2 nitrogen and oxygen atoms in total. The molecule has 1 aromatic rings. The van der Waals surface area contributed by atoms with Gasteiger partial charge in [0.05, 0.1) is 0 Å². The van der Waals surface area contributed by atoms with Crippen LogP contribution in [0, 0.1) is 5.92 Å². The molecule has 4 rings (SSSR count). The van der Waals surface area contributed by atoms with Gasteiger partial charge in [-0.3, -0.25) is 4.90 Å². The second-order valence-electron chi connectivity index (χ2n) is 6.83. The summed E-state index contributed by atoms with van der Waals surface area (Å²) in [6.07, 6.45) is 8.23. The Bertz CT molecular complexity index is 470. The van der Waals surface area contributed by atoms with Crippen LogP contribution >= 0.6 is 0 Å². The third-order valence-electron chi connectivity index (χ3n) is 5.71. The molecule has 3 aliphatic rings. The van der Waals surface area contributed by atoms with Gasteiger partial charge in [-0.15, -0.1) is 0 Å². The maximum atomic E-state index is 3.63. The lowest BCUT2D eigenvalue weighted by molar-refractivity contribution is 0.0718. The minimum absolute atomic E-state index is 0.682. The first-order valence-electron chi connectivity index (χ1n) is 8.48. The van der Waals surface area contributed by atoms with E-state index in [2.05, 4.69) is 34.5 Å². The molecule has 0 aromatic heterocycles. The molecule has 0 spiro atoms. The highest BCUT2D eigenvalue weighted by molar-refractivity contribution is 5.31. The minimum atomic E-state index is 0.682. The molecule has 0 bridgehead atoms. The van der Waals surface area contributed by atoms with Crippen molar-refractivity contribution in [1.29, 1.82) is 0 Å². The predicted molar refractivity (Wildman–Crippen MR) is 82.8 cm³/mol. The number of likely N-dealkylation sites (tertiary alicyclic amines) is 1. The van der Waals surface area contributed by atoms with Crippen LogP contribution in [0.25, 0.3) is 0 Å². The molecule has 2 fully saturated rings. The van der Waals surface area contributed by atoms with Crippen LogP contribution < -0.4 is 5.32 Å². The van der Waals surface area contributed by atoms with Crippen LogP contribution in [0.15, 0.2) is 24.3 Å². The van der Waals surface area contributed by atoms with Gasteiger partial charge in [0, 0.05) is 18.6 Å². The third-order valence-corrected chi connectivity index (χ3v) is 5.71. The van der Waals surface area contributed by atoms with Crippen LogP contribution in [0.2, 0.25) is 0 Å². The summed E-state index contributed by atoms with van der Waals surface area (Å²) in [5.74, 6) is 0.902. The minimum Gasteiger partial charge on any atom is -0.315 e. The number of benzene rings is 1. The molecule has 2 heteroatoms. The lowest BCUT2D eigenvalue weighted by Crippen LogP contribution is -2.46. The Balaban J connectivity index is 1.66. The van der Waals surface area contributed by atoms with Gasteiger partial charge in [-0.2, -0.15) is 0 Å². The second kappa shape index (κ2) is 5.50.